The average Bonchev–Trinajstić information content (AvgIpc) is 2.72. The first-order valence-corrected chi connectivity index (χ1v) is 5.47. The Labute approximate surface area is 104 Å². The van der Waals surface area contributed by atoms with Crippen molar-refractivity contribution < 1.29 is 0 Å². The van der Waals surface area contributed by atoms with Crippen molar-refractivity contribution in [2.75, 3.05) is 5.32 Å². The van der Waals surface area contributed by atoms with Crippen LogP contribution in [-0.2, 0) is 13.6 Å². The number of nitrogens with zero attached hydrogens (tertiary/aromatic N) is 3. The molecular weight excluding hydrogens is 236 g/mol. The maximum absolute atomic E-state index is 8.76. The largest absolute Gasteiger partial charge is 0.379 e. The molecule has 5 heteroatoms. The summed E-state index contributed by atoms with van der Waals surface area (Å²) in [6, 6.07) is 7.31. The van der Waals surface area contributed by atoms with Crippen LogP contribution in [0, 0.1) is 11.3 Å². The highest BCUT2D eigenvalue weighted by Crippen LogP contribution is 2.20. The van der Waals surface area contributed by atoms with Crippen molar-refractivity contribution in [2.24, 2.45) is 7.05 Å². The molecule has 0 aliphatic rings. The second kappa shape index (κ2) is 4.89. The van der Waals surface area contributed by atoms with Crippen LogP contribution in [0.25, 0.3) is 0 Å². The number of rotatable bonds is 3. The van der Waals surface area contributed by atoms with Gasteiger partial charge in [0.25, 0.3) is 0 Å². The third kappa shape index (κ3) is 2.58. The highest BCUT2D eigenvalue weighted by molar-refractivity contribution is 6.32. The Kier molecular flexibility index (Phi) is 3.31. The maximum Gasteiger partial charge on any atom is 0.101 e. The molecule has 2 aromatic rings. The van der Waals surface area contributed by atoms with E-state index in [0.717, 1.165) is 11.4 Å². The van der Waals surface area contributed by atoms with Gasteiger partial charge in [0.15, 0.2) is 0 Å². The topological polar surface area (TPSA) is 53.6 Å². The first-order valence-electron chi connectivity index (χ1n) is 5.09. The van der Waals surface area contributed by atoms with Gasteiger partial charge in [-0.25, -0.2) is 4.98 Å². The lowest BCUT2D eigenvalue weighted by molar-refractivity contribution is 0.837. The predicted molar refractivity (Wildman–Crippen MR) is 66.7 cm³/mol. The molecule has 1 N–H and O–H groups in total. The monoisotopic (exact) mass is 246 g/mol. The van der Waals surface area contributed by atoms with Gasteiger partial charge in [0.1, 0.15) is 6.07 Å². The Bertz CT molecular complexity index is 568. The molecule has 0 saturated carbocycles. The van der Waals surface area contributed by atoms with E-state index in [1.165, 1.54) is 0 Å². The van der Waals surface area contributed by atoms with Crippen molar-refractivity contribution in [1.29, 1.82) is 5.26 Å². The molecule has 86 valence electrons. The van der Waals surface area contributed by atoms with Gasteiger partial charge in [-0.2, -0.15) is 5.26 Å². The number of imidazole rings is 1. The fourth-order valence-corrected chi connectivity index (χ4v) is 1.69. The predicted octanol–water partition coefficient (Wildman–Crippen LogP) is 2.56. The first-order chi connectivity index (χ1) is 8.20. The van der Waals surface area contributed by atoms with Gasteiger partial charge in [0.2, 0.25) is 0 Å². The van der Waals surface area contributed by atoms with Gasteiger partial charge >= 0.3 is 0 Å². The minimum absolute atomic E-state index is 0.461. The number of nitrogens with one attached hydrogen (secondary N) is 1. The van der Waals surface area contributed by atoms with Gasteiger partial charge in [-0.05, 0) is 18.2 Å². The molecule has 0 atom stereocenters. The van der Waals surface area contributed by atoms with Crippen LogP contribution in [0.3, 0.4) is 0 Å². The van der Waals surface area contributed by atoms with Crippen molar-refractivity contribution in [2.45, 2.75) is 6.54 Å². The van der Waals surface area contributed by atoms with E-state index >= 15 is 0 Å². The summed E-state index contributed by atoms with van der Waals surface area (Å²) < 4.78 is 1.94. The lowest BCUT2D eigenvalue weighted by Gasteiger charge is -2.07. The third-order valence-electron chi connectivity index (χ3n) is 2.48. The van der Waals surface area contributed by atoms with Crippen LogP contribution in [-0.4, -0.2) is 9.55 Å². The van der Waals surface area contributed by atoms with Crippen molar-refractivity contribution in [3.63, 3.8) is 0 Å². The van der Waals surface area contributed by atoms with E-state index < -0.39 is 0 Å². The van der Waals surface area contributed by atoms with Gasteiger partial charge in [0.05, 0.1) is 29.2 Å². The summed E-state index contributed by atoms with van der Waals surface area (Å²) in [4.78, 5) is 4.03. The molecule has 0 spiro atoms. The number of hydrogen-bond acceptors (Lipinski definition) is 3. The molecule has 0 saturated heterocycles. The fraction of sp³-hybridized carbons (Fsp3) is 0.167. The average molecular weight is 247 g/mol. The summed E-state index contributed by atoms with van der Waals surface area (Å²) >= 11 is 5.94. The van der Waals surface area contributed by atoms with Crippen molar-refractivity contribution in [3.05, 3.63) is 47.0 Å². The normalized spacial score (nSPS) is 9.94. The van der Waals surface area contributed by atoms with E-state index in [9.17, 15) is 0 Å². The van der Waals surface area contributed by atoms with Gasteiger partial charge in [-0.15, -0.1) is 0 Å². The van der Waals surface area contributed by atoms with Crippen LogP contribution in [0.2, 0.25) is 5.02 Å². The minimum atomic E-state index is 0.461. The van der Waals surface area contributed by atoms with E-state index in [2.05, 4.69) is 10.3 Å². The number of aromatic nitrogens is 2. The lowest BCUT2D eigenvalue weighted by Crippen LogP contribution is -2.03. The molecule has 4 nitrogen and oxygen atoms in total. The molecule has 0 aliphatic heterocycles. The number of aryl methyl sites for hydroxylation is 1. The van der Waals surface area contributed by atoms with Gasteiger partial charge in [-0.3, -0.25) is 0 Å². The molecule has 2 rings (SSSR count). The van der Waals surface area contributed by atoms with Crippen LogP contribution in [0.5, 0.6) is 0 Å². The Morgan fingerprint density at radius 1 is 1.53 bits per heavy atom. The second-order valence-corrected chi connectivity index (χ2v) is 4.06. The molecular formula is C12H11ClN4. The molecule has 17 heavy (non-hydrogen) atoms. The molecule has 1 aromatic heterocycles. The summed E-state index contributed by atoms with van der Waals surface area (Å²) in [6.07, 6.45) is 3.56. The van der Waals surface area contributed by atoms with Crippen LogP contribution in [0.15, 0.2) is 30.7 Å². The zero-order chi connectivity index (χ0) is 12.3. The van der Waals surface area contributed by atoms with Crippen LogP contribution in [0.4, 0.5) is 5.69 Å². The molecule has 0 amide bonds. The summed E-state index contributed by atoms with van der Waals surface area (Å²) in [7, 11) is 1.94. The summed E-state index contributed by atoms with van der Waals surface area (Å²) in [5.74, 6) is 0. The highest BCUT2D eigenvalue weighted by atomic mass is 35.5. The Morgan fingerprint density at radius 3 is 2.94 bits per heavy atom. The molecule has 1 aromatic carbocycles. The van der Waals surface area contributed by atoms with Gasteiger partial charge < -0.3 is 9.88 Å². The number of halogens is 1. The van der Waals surface area contributed by atoms with E-state index in [-0.39, 0.29) is 0 Å². The number of nitriles is 1. The van der Waals surface area contributed by atoms with Crippen molar-refractivity contribution in [3.8, 4) is 6.07 Å². The summed E-state index contributed by atoms with van der Waals surface area (Å²) in [5, 5.41) is 12.4. The zero-order valence-electron chi connectivity index (χ0n) is 9.31. The summed E-state index contributed by atoms with van der Waals surface area (Å²) in [5.41, 5.74) is 2.44. The van der Waals surface area contributed by atoms with Crippen molar-refractivity contribution in [1.82, 2.24) is 9.55 Å². The number of hydrogen-bond donors (Lipinski definition) is 1. The van der Waals surface area contributed by atoms with E-state index in [1.807, 2.05) is 23.8 Å². The Balaban J connectivity index is 2.08. The second-order valence-electron chi connectivity index (χ2n) is 3.66. The Morgan fingerprint density at radius 2 is 2.35 bits per heavy atom. The maximum atomic E-state index is 8.76. The molecule has 0 bridgehead atoms. The quantitative estimate of drug-likeness (QED) is 0.906. The highest BCUT2D eigenvalue weighted by Gasteiger charge is 2.02. The molecule has 1 heterocycles. The SMILES string of the molecule is Cn1cncc1CNc1ccc(C#N)c(Cl)c1. The smallest absolute Gasteiger partial charge is 0.101 e. The lowest BCUT2D eigenvalue weighted by atomic mass is 10.2. The Hall–Kier alpha value is -1.99. The minimum Gasteiger partial charge on any atom is -0.379 e. The molecule has 0 aliphatic carbocycles. The zero-order valence-corrected chi connectivity index (χ0v) is 10.1. The molecule has 0 fully saturated rings. The van der Waals surface area contributed by atoms with E-state index in [1.54, 1.807) is 24.7 Å². The van der Waals surface area contributed by atoms with Crippen LogP contribution >= 0.6 is 11.6 Å². The van der Waals surface area contributed by atoms with E-state index in [4.69, 9.17) is 16.9 Å². The van der Waals surface area contributed by atoms with E-state index in [0.29, 0.717) is 17.1 Å². The number of anilines is 1. The van der Waals surface area contributed by atoms with Gasteiger partial charge in [0, 0.05) is 18.9 Å². The van der Waals surface area contributed by atoms with Crippen LogP contribution in [0.1, 0.15) is 11.3 Å². The fourth-order valence-electron chi connectivity index (χ4n) is 1.46. The van der Waals surface area contributed by atoms with Crippen molar-refractivity contribution >= 4 is 17.3 Å². The summed E-state index contributed by atoms with van der Waals surface area (Å²) in [6.45, 7) is 0.665. The van der Waals surface area contributed by atoms with Gasteiger partial charge in [-0.1, -0.05) is 11.6 Å². The molecule has 0 unspecified atom stereocenters. The number of benzene rings is 1. The molecule has 0 radical (unpaired) electrons. The third-order valence-corrected chi connectivity index (χ3v) is 2.79. The first kappa shape index (κ1) is 11.5. The standard InChI is InChI=1S/C12H11ClN4/c1-17-8-15-6-11(17)7-16-10-3-2-9(5-14)12(13)4-10/h2-4,6,8,16H,7H2,1H3. The van der Waals surface area contributed by atoms with Crippen LogP contribution < -0.4 is 5.32 Å².